The molecule has 1 aliphatic carbocycles. The number of rotatable bonds is 7. The zero-order chi connectivity index (χ0) is 22.9. The molecule has 2 fully saturated rings. The lowest BCUT2D eigenvalue weighted by molar-refractivity contribution is -0.140. The van der Waals surface area contributed by atoms with E-state index < -0.39 is 10.0 Å². The van der Waals surface area contributed by atoms with E-state index in [0.29, 0.717) is 16.9 Å². The van der Waals surface area contributed by atoms with E-state index in [4.69, 9.17) is 4.74 Å². The first-order chi connectivity index (χ1) is 15.3. The zero-order valence-electron chi connectivity index (χ0n) is 18.3. The van der Waals surface area contributed by atoms with Crippen LogP contribution in [0.2, 0.25) is 0 Å². The number of sulfonamides is 1. The van der Waals surface area contributed by atoms with Gasteiger partial charge in [-0.05, 0) is 54.7 Å². The van der Waals surface area contributed by atoms with Crippen LogP contribution in [0.5, 0.6) is 5.75 Å². The molecule has 7 nitrogen and oxygen atoms in total. The lowest BCUT2D eigenvalue weighted by Gasteiger charge is -2.19. The lowest BCUT2D eigenvalue weighted by Crippen LogP contribution is -2.30. The number of likely N-dealkylation sites (tertiary alicyclic amines) is 1. The minimum absolute atomic E-state index is 0.101. The third-order valence-electron chi connectivity index (χ3n) is 6.42. The van der Waals surface area contributed by atoms with Crippen molar-refractivity contribution < 1.29 is 22.7 Å². The fourth-order valence-corrected chi connectivity index (χ4v) is 5.95. The van der Waals surface area contributed by atoms with Gasteiger partial charge in [0.15, 0.2) is 0 Å². The number of nitrogens with zero attached hydrogens (tertiary/aromatic N) is 1. The highest BCUT2D eigenvalue weighted by Crippen LogP contribution is 2.38. The summed E-state index contributed by atoms with van der Waals surface area (Å²) in [4.78, 5) is 27.0. The number of aryl methyl sites for hydroxylation is 1. The van der Waals surface area contributed by atoms with Gasteiger partial charge in [0, 0.05) is 6.54 Å². The molecule has 0 spiro atoms. The molecule has 1 saturated carbocycles. The quantitative estimate of drug-likeness (QED) is 0.646. The van der Waals surface area contributed by atoms with Gasteiger partial charge in [-0.2, -0.15) is 0 Å². The monoisotopic (exact) mass is 456 g/mol. The molecule has 0 bridgehead atoms. The molecule has 0 aromatic heterocycles. The van der Waals surface area contributed by atoms with Crippen molar-refractivity contribution in [3.63, 3.8) is 0 Å². The second kappa shape index (κ2) is 9.03. The number of methoxy groups -OCH3 is 1. The van der Waals surface area contributed by atoms with E-state index in [1.807, 2.05) is 6.07 Å². The van der Waals surface area contributed by atoms with Crippen LogP contribution in [0.15, 0.2) is 47.4 Å². The molecular formula is C24H28N2O5S. The van der Waals surface area contributed by atoms with Gasteiger partial charge in [0.05, 0.1) is 30.4 Å². The minimum Gasteiger partial charge on any atom is -0.497 e. The summed E-state index contributed by atoms with van der Waals surface area (Å²) in [5.74, 6) is -0.0223. The van der Waals surface area contributed by atoms with Crippen LogP contribution < -0.4 is 9.46 Å². The van der Waals surface area contributed by atoms with Gasteiger partial charge in [0.25, 0.3) is 0 Å². The van der Waals surface area contributed by atoms with Crippen molar-refractivity contribution in [3.05, 3.63) is 59.2 Å². The number of fused-ring (bicyclic) bond motifs is 1. The van der Waals surface area contributed by atoms with Gasteiger partial charge in [-0.15, -0.1) is 0 Å². The highest BCUT2D eigenvalue weighted by molar-refractivity contribution is 7.89. The predicted molar refractivity (Wildman–Crippen MR) is 119 cm³/mol. The summed E-state index contributed by atoms with van der Waals surface area (Å²) in [6, 6.07) is 12.2. The van der Waals surface area contributed by atoms with Crippen LogP contribution in [0.1, 0.15) is 42.4 Å². The van der Waals surface area contributed by atoms with E-state index in [9.17, 15) is 18.0 Å². The summed E-state index contributed by atoms with van der Waals surface area (Å²) in [5, 5.41) is 0. The van der Waals surface area contributed by atoms with Crippen molar-refractivity contribution in [1.82, 2.24) is 9.62 Å². The fraction of sp³-hybridized carbons (Fsp3) is 0.417. The molecule has 4 rings (SSSR count). The van der Waals surface area contributed by atoms with Crippen LogP contribution in [0.3, 0.4) is 0 Å². The van der Waals surface area contributed by atoms with Crippen molar-refractivity contribution in [2.45, 2.75) is 50.6 Å². The van der Waals surface area contributed by atoms with Crippen LogP contribution in [0, 0.1) is 18.8 Å². The smallest absolute Gasteiger partial charge is 0.241 e. The van der Waals surface area contributed by atoms with E-state index in [1.165, 1.54) is 4.90 Å². The fourth-order valence-electron chi connectivity index (χ4n) is 4.64. The number of ether oxygens (including phenoxy) is 1. The molecule has 32 heavy (non-hydrogen) atoms. The number of benzene rings is 2. The molecule has 1 N–H and O–H groups in total. The molecule has 1 aliphatic heterocycles. The number of nitrogens with one attached hydrogen (secondary N) is 1. The first-order valence-electron chi connectivity index (χ1n) is 10.9. The van der Waals surface area contributed by atoms with Crippen LogP contribution in [0.4, 0.5) is 0 Å². The van der Waals surface area contributed by atoms with Crippen LogP contribution in [-0.4, -0.2) is 32.2 Å². The Bertz CT molecular complexity index is 1120. The Morgan fingerprint density at radius 2 is 1.69 bits per heavy atom. The van der Waals surface area contributed by atoms with Crippen molar-refractivity contribution in [3.8, 4) is 5.75 Å². The maximum Gasteiger partial charge on any atom is 0.241 e. The Kier molecular flexibility index (Phi) is 6.35. The third-order valence-corrected chi connectivity index (χ3v) is 7.96. The molecule has 2 amide bonds. The van der Waals surface area contributed by atoms with Crippen molar-refractivity contribution in [2.75, 3.05) is 7.11 Å². The highest BCUT2D eigenvalue weighted by Gasteiger charge is 2.47. The zero-order valence-corrected chi connectivity index (χ0v) is 19.2. The van der Waals surface area contributed by atoms with E-state index in [2.05, 4.69) is 4.72 Å². The number of carbonyl (C=O) groups excluding carboxylic acids is 2. The maximum atomic E-state index is 13.0. The molecular weight excluding hydrogens is 428 g/mol. The van der Waals surface area contributed by atoms with Crippen molar-refractivity contribution in [1.29, 1.82) is 0 Å². The Balaban J connectivity index is 1.52. The Labute approximate surface area is 188 Å². The predicted octanol–water partition coefficient (Wildman–Crippen LogP) is 3.16. The third kappa shape index (κ3) is 4.42. The molecule has 2 atom stereocenters. The first-order valence-corrected chi connectivity index (χ1v) is 12.4. The summed E-state index contributed by atoms with van der Waals surface area (Å²) in [7, 11) is -2.23. The summed E-state index contributed by atoms with van der Waals surface area (Å²) in [5.41, 5.74) is 2.00. The van der Waals surface area contributed by atoms with Gasteiger partial charge in [-0.1, -0.05) is 37.1 Å². The van der Waals surface area contributed by atoms with E-state index >= 15 is 0 Å². The van der Waals surface area contributed by atoms with Crippen molar-refractivity contribution in [2.24, 2.45) is 11.8 Å². The average Bonchev–Trinajstić information content (AvgIpc) is 3.04. The van der Waals surface area contributed by atoms with Gasteiger partial charge in [0.2, 0.25) is 21.8 Å². The number of carbonyl (C=O) groups is 2. The normalized spacial score (nSPS) is 21.0. The summed E-state index contributed by atoms with van der Waals surface area (Å²) in [6.07, 6.45) is 3.46. The second-order valence-electron chi connectivity index (χ2n) is 8.54. The van der Waals surface area contributed by atoms with E-state index in [1.54, 1.807) is 50.4 Å². The standard InChI is InChI=1S/C24H28N2O5S/c1-16-10-11-18(15-26-23(27)20-8-3-4-9-21(20)24(26)28)13-22(16)32(29,30)25-14-17-6-5-7-19(12-17)31-2/h5-7,10-13,20-21,25H,3-4,8-9,14-15H2,1-2H3/t20-,21-/m1/s1. The number of hydrogen-bond donors (Lipinski definition) is 1. The molecule has 1 heterocycles. The number of hydrogen-bond acceptors (Lipinski definition) is 5. The van der Waals surface area contributed by atoms with Gasteiger partial charge in [-0.3, -0.25) is 14.5 Å². The maximum absolute atomic E-state index is 13.0. The van der Waals surface area contributed by atoms with Crippen LogP contribution in [-0.2, 0) is 32.7 Å². The van der Waals surface area contributed by atoms with Gasteiger partial charge >= 0.3 is 0 Å². The highest BCUT2D eigenvalue weighted by atomic mass is 32.2. The van der Waals surface area contributed by atoms with Crippen LogP contribution >= 0.6 is 0 Å². The average molecular weight is 457 g/mol. The Hall–Kier alpha value is -2.71. The molecule has 0 unspecified atom stereocenters. The topological polar surface area (TPSA) is 92.8 Å². The molecule has 2 aromatic rings. The van der Waals surface area contributed by atoms with E-state index in [0.717, 1.165) is 31.2 Å². The SMILES string of the molecule is COc1cccc(CNS(=O)(=O)c2cc(CN3C(=O)[C@@H]4CCCC[C@H]4C3=O)ccc2C)c1. The molecule has 8 heteroatoms. The summed E-state index contributed by atoms with van der Waals surface area (Å²) in [6.45, 7) is 1.95. The van der Waals surface area contributed by atoms with Gasteiger partial charge in [0.1, 0.15) is 5.75 Å². The summed E-state index contributed by atoms with van der Waals surface area (Å²) < 4.78 is 33.8. The Morgan fingerprint density at radius 1 is 1.00 bits per heavy atom. The number of imide groups is 1. The largest absolute Gasteiger partial charge is 0.497 e. The summed E-state index contributed by atoms with van der Waals surface area (Å²) >= 11 is 0. The van der Waals surface area contributed by atoms with Gasteiger partial charge < -0.3 is 4.74 Å². The Morgan fingerprint density at radius 3 is 2.34 bits per heavy atom. The molecule has 170 valence electrons. The first kappa shape index (κ1) is 22.5. The molecule has 0 radical (unpaired) electrons. The van der Waals surface area contributed by atoms with Crippen molar-refractivity contribution >= 4 is 21.8 Å². The molecule has 1 saturated heterocycles. The second-order valence-corrected chi connectivity index (χ2v) is 10.3. The van der Waals surface area contributed by atoms with Gasteiger partial charge in [-0.25, -0.2) is 13.1 Å². The van der Waals surface area contributed by atoms with Crippen LogP contribution in [0.25, 0.3) is 0 Å². The minimum atomic E-state index is -3.79. The lowest BCUT2D eigenvalue weighted by atomic mass is 9.81. The van der Waals surface area contributed by atoms with E-state index in [-0.39, 0.29) is 41.6 Å². The number of amides is 2. The molecule has 2 aliphatic rings. The molecule has 2 aromatic carbocycles.